The Hall–Kier alpha value is -1.37. The van der Waals surface area contributed by atoms with Gasteiger partial charge in [-0.15, -0.1) is 11.8 Å². The van der Waals surface area contributed by atoms with Crippen LogP contribution < -0.4 is 5.32 Å². The zero-order valence-electron chi connectivity index (χ0n) is 11.5. The van der Waals surface area contributed by atoms with Crippen molar-refractivity contribution in [3.05, 3.63) is 68.2 Å². The molecule has 0 aliphatic carbocycles. The third-order valence-electron chi connectivity index (χ3n) is 2.95. The maximum atomic E-state index is 10.9. The first-order chi connectivity index (χ1) is 10.1. The molecule has 0 spiro atoms. The van der Waals surface area contributed by atoms with Crippen LogP contribution >= 0.6 is 27.7 Å². The average Bonchev–Trinajstić information content (AvgIpc) is 2.48. The molecule has 2 rings (SSSR count). The Morgan fingerprint density at radius 2 is 1.95 bits per heavy atom. The maximum absolute atomic E-state index is 10.9. The molecule has 21 heavy (non-hydrogen) atoms. The number of thioether (sulfide) groups is 1. The standard InChI is InChI=1S/C15H15BrN2O2S/c1-17-9-11-5-7-13(8-6-11)21-10-12-3-2-4-14(15(12)16)18(19)20/h2-8,17H,9-10H2,1H3. The lowest BCUT2D eigenvalue weighted by Gasteiger charge is -2.06. The molecule has 110 valence electrons. The minimum absolute atomic E-state index is 0.109. The Bertz CT molecular complexity index is 632. The number of halogens is 1. The van der Waals surface area contributed by atoms with Gasteiger partial charge in [0.05, 0.1) is 9.40 Å². The Morgan fingerprint density at radius 3 is 2.57 bits per heavy atom. The summed E-state index contributed by atoms with van der Waals surface area (Å²) in [6.07, 6.45) is 0. The molecular formula is C15H15BrN2O2S. The fourth-order valence-electron chi connectivity index (χ4n) is 1.89. The second-order valence-electron chi connectivity index (χ2n) is 4.47. The minimum atomic E-state index is -0.370. The molecule has 4 nitrogen and oxygen atoms in total. The quantitative estimate of drug-likeness (QED) is 0.468. The number of benzene rings is 2. The SMILES string of the molecule is CNCc1ccc(SCc2cccc([N+](=O)[O-])c2Br)cc1. The molecule has 1 N–H and O–H groups in total. The van der Waals surface area contributed by atoms with Crippen molar-refractivity contribution in [3.63, 3.8) is 0 Å². The summed E-state index contributed by atoms with van der Waals surface area (Å²) in [5.41, 5.74) is 2.27. The van der Waals surface area contributed by atoms with Crippen molar-refractivity contribution in [2.45, 2.75) is 17.2 Å². The smallest absolute Gasteiger partial charge is 0.283 e. The van der Waals surface area contributed by atoms with Gasteiger partial charge in [-0.1, -0.05) is 24.3 Å². The largest absolute Gasteiger partial charge is 0.316 e. The molecule has 0 aromatic heterocycles. The summed E-state index contributed by atoms with van der Waals surface area (Å²) >= 11 is 4.99. The van der Waals surface area contributed by atoms with Crippen LogP contribution in [0.1, 0.15) is 11.1 Å². The number of nitro groups is 1. The molecule has 0 radical (unpaired) electrons. The first kappa shape index (κ1) is 16.0. The van der Waals surface area contributed by atoms with E-state index in [0.717, 1.165) is 17.0 Å². The Kier molecular flexibility index (Phi) is 5.78. The number of hydrogen-bond donors (Lipinski definition) is 1. The monoisotopic (exact) mass is 366 g/mol. The Labute approximate surface area is 136 Å². The average molecular weight is 367 g/mol. The molecule has 0 heterocycles. The highest BCUT2D eigenvalue weighted by molar-refractivity contribution is 9.10. The third kappa shape index (κ3) is 4.30. The molecular weight excluding hydrogens is 352 g/mol. The van der Waals surface area contributed by atoms with E-state index in [0.29, 0.717) is 10.2 Å². The second-order valence-corrected chi connectivity index (χ2v) is 6.31. The fourth-order valence-corrected chi connectivity index (χ4v) is 3.51. The Morgan fingerprint density at radius 1 is 1.24 bits per heavy atom. The zero-order chi connectivity index (χ0) is 15.2. The molecule has 0 saturated carbocycles. The van der Waals surface area contributed by atoms with Crippen molar-refractivity contribution in [3.8, 4) is 0 Å². The van der Waals surface area contributed by atoms with Crippen LogP contribution in [-0.2, 0) is 12.3 Å². The second kappa shape index (κ2) is 7.59. The number of hydrogen-bond acceptors (Lipinski definition) is 4. The summed E-state index contributed by atoms with van der Waals surface area (Å²) in [6, 6.07) is 13.4. The molecule has 2 aromatic carbocycles. The van der Waals surface area contributed by atoms with Gasteiger partial charge in [0.15, 0.2) is 0 Å². The highest BCUT2D eigenvalue weighted by atomic mass is 79.9. The van der Waals surface area contributed by atoms with Crippen LogP contribution in [-0.4, -0.2) is 12.0 Å². The molecule has 0 atom stereocenters. The molecule has 2 aromatic rings. The normalized spacial score (nSPS) is 10.6. The predicted molar refractivity (Wildman–Crippen MR) is 89.6 cm³/mol. The van der Waals surface area contributed by atoms with Gasteiger partial charge in [0.1, 0.15) is 0 Å². The van der Waals surface area contributed by atoms with Crippen LogP contribution in [0.15, 0.2) is 51.8 Å². The summed E-state index contributed by atoms with van der Waals surface area (Å²) < 4.78 is 0.564. The van der Waals surface area contributed by atoms with E-state index < -0.39 is 0 Å². The molecule has 0 amide bonds. The summed E-state index contributed by atoms with van der Waals surface area (Å²) in [5, 5.41) is 14.0. The van der Waals surface area contributed by atoms with Crippen LogP contribution in [0.5, 0.6) is 0 Å². The van der Waals surface area contributed by atoms with E-state index in [9.17, 15) is 10.1 Å². The van der Waals surface area contributed by atoms with E-state index in [-0.39, 0.29) is 10.6 Å². The van der Waals surface area contributed by atoms with E-state index in [1.165, 1.54) is 11.6 Å². The molecule has 0 fully saturated rings. The van der Waals surface area contributed by atoms with Crippen LogP contribution in [0.2, 0.25) is 0 Å². The van der Waals surface area contributed by atoms with Gasteiger partial charge in [-0.2, -0.15) is 0 Å². The number of nitro benzene ring substituents is 1. The van der Waals surface area contributed by atoms with Crippen molar-refractivity contribution < 1.29 is 4.92 Å². The lowest BCUT2D eigenvalue weighted by atomic mass is 10.2. The van der Waals surface area contributed by atoms with Crippen molar-refractivity contribution in [2.75, 3.05) is 7.05 Å². The van der Waals surface area contributed by atoms with Crippen LogP contribution in [0.4, 0.5) is 5.69 Å². The summed E-state index contributed by atoms with van der Waals surface area (Å²) in [7, 11) is 1.92. The first-order valence-electron chi connectivity index (χ1n) is 6.40. The molecule has 6 heteroatoms. The van der Waals surface area contributed by atoms with Crippen molar-refractivity contribution in [1.29, 1.82) is 0 Å². The molecule has 0 aliphatic rings. The molecule has 0 saturated heterocycles. The highest BCUT2D eigenvalue weighted by Crippen LogP contribution is 2.32. The summed E-state index contributed by atoms with van der Waals surface area (Å²) in [4.78, 5) is 11.7. The van der Waals surface area contributed by atoms with Gasteiger partial charge in [-0.05, 0) is 46.2 Å². The van der Waals surface area contributed by atoms with Gasteiger partial charge in [0.2, 0.25) is 0 Å². The number of nitrogens with zero attached hydrogens (tertiary/aromatic N) is 1. The topological polar surface area (TPSA) is 55.2 Å². The predicted octanol–water partition coefficient (Wildman–Crippen LogP) is 4.37. The van der Waals surface area contributed by atoms with Crippen LogP contribution in [0.3, 0.4) is 0 Å². The van der Waals surface area contributed by atoms with Crippen molar-refractivity contribution in [1.82, 2.24) is 5.32 Å². The molecule has 0 unspecified atom stereocenters. The maximum Gasteiger partial charge on any atom is 0.283 e. The van der Waals surface area contributed by atoms with Gasteiger partial charge in [0.25, 0.3) is 5.69 Å². The Balaban J connectivity index is 2.06. The van der Waals surface area contributed by atoms with Gasteiger partial charge < -0.3 is 5.32 Å². The number of nitrogens with one attached hydrogen (secondary N) is 1. The number of rotatable bonds is 6. The summed E-state index contributed by atoms with van der Waals surface area (Å²) in [6.45, 7) is 0.849. The third-order valence-corrected chi connectivity index (χ3v) is 4.93. The first-order valence-corrected chi connectivity index (χ1v) is 8.18. The van der Waals surface area contributed by atoms with E-state index in [1.54, 1.807) is 17.8 Å². The van der Waals surface area contributed by atoms with Crippen molar-refractivity contribution in [2.24, 2.45) is 0 Å². The van der Waals surface area contributed by atoms with Gasteiger partial charge in [0, 0.05) is 23.3 Å². The van der Waals surface area contributed by atoms with E-state index in [1.807, 2.05) is 13.1 Å². The van der Waals surface area contributed by atoms with Gasteiger partial charge >= 0.3 is 0 Å². The minimum Gasteiger partial charge on any atom is -0.316 e. The fraction of sp³-hybridized carbons (Fsp3) is 0.200. The van der Waals surface area contributed by atoms with E-state index in [4.69, 9.17) is 0 Å². The van der Waals surface area contributed by atoms with Crippen LogP contribution in [0.25, 0.3) is 0 Å². The lowest BCUT2D eigenvalue weighted by Crippen LogP contribution is -2.04. The summed E-state index contributed by atoms with van der Waals surface area (Å²) in [5.74, 6) is 0.688. The van der Waals surface area contributed by atoms with E-state index >= 15 is 0 Å². The lowest BCUT2D eigenvalue weighted by molar-refractivity contribution is -0.385. The molecule has 0 bridgehead atoms. The highest BCUT2D eigenvalue weighted by Gasteiger charge is 2.14. The van der Waals surface area contributed by atoms with Gasteiger partial charge in [-0.25, -0.2) is 0 Å². The van der Waals surface area contributed by atoms with Crippen molar-refractivity contribution >= 4 is 33.4 Å². The molecule has 0 aliphatic heterocycles. The van der Waals surface area contributed by atoms with E-state index in [2.05, 4.69) is 45.5 Å². The van der Waals surface area contributed by atoms with Crippen LogP contribution in [0, 0.1) is 10.1 Å². The zero-order valence-corrected chi connectivity index (χ0v) is 13.9. The van der Waals surface area contributed by atoms with Gasteiger partial charge in [-0.3, -0.25) is 10.1 Å².